The van der Waals surface area contributed by atoms with Gasteiger partial charge in [-0.05, 0) is 46.9 Å². The summed E-state index contributed by atoms with van der Waals surface area (Å²) in [5.74, 6) is -0.295. The second-order valence-corrected chi connectivity index (χ2v) is 7.48. The third-order valence-electron chi connectivity index (χ3n) is 4.79. The van der Waals surface area contributed by atoms with Gasteiger partial charge in [-0.1, -0.05) is 50.2 Å². The number of nitriles is 1. The van der Waals surface area contributed by atoms with Crippen LogP contribution in [-0.2, 0) is 0 Å². The highest BCUT2D eigenvalue weighted by Gasteiger charge is 2.14. The number of carbonyl (C=O) groups is 1. The summed E-state index contributed by atoms with van der Waals surface area (Å²) < 4.78 is 0. The van der Waals surface area contributed by atoms with Crippen molar-refractivity contribution in [1.82, 2.24) is 5.43 Å². The first kappa shape index (κ1) is 21.0. The number of phenols is 1. The van der Waals surface area contributed by atoms with E-state index in [4.69, 9.17) is 5.26 Å². The first-order valence-corrected chi connectivity index (χ1v) is 9.67. The lowest BCUT2D eigenvalue weighted by molar-refractivity contribution is 0.0955. The molecular weight excluding hydrogens is 378 g/mol. The fraction of sp³-hybridized carbons (Fsp3) is 0.208. The van der Waals surface area contributed by atoms with Crippen LogP contribution >= 0.6 is 0 Å². The minimum atomic E-state index is -0.551. The predicted octanol–water partition coefficient (Wildman–Crippen LogP) is 4.26. The van der Waals surface area contributed by atoms with Crippen LogP contribution in [0.3, 0.4) is 0 Å². The Morgan fingerprint density at radius 3 is 2.60 bits per heavy atom. The molecule has 0 bridgehead atoms. The van der Waals surface area contributed by atoms with E-state index in [1.54, 1.807) is 6.21 Å². The van der Waals surface area contributed by atoms with Gasteiger partial charge in [-0.3, -0.25) is 4.79 Å². The van der Waals surface area contributed by atoms with Crippen LogP contribution in [0.15, 0.2) is 59.7 Å². The van der Waals surface area contributed by atoms with E-state index in [0.29, 0.717) is 12.3 Å². The Labute approximate surface area is 175 Å². The molecule has 1 unspecified atom stereocenters. The zero-order valence-corrected chi connectivity index (χ0v) is 16.8. The van der Waals surface area contributed by atoms with Crippen molar-refractivity contribution in [3.8, 4) is 11.8 Å². The Hall–Kier alpha value is -3.69. The molecule has 0 saturated carbocycles. The van der Waals surface area contributed by atoms with Gasteiger partial charge in [0.15, 0.2) is 0 Å². The molecule has 1 amide bonds. The average Bonchev–Trinajstić information content (AvgIpc) is 2.73. The number of benzene rings is 3. The summed E-state index contributed by atoms with van der Waals surface area (Å²) in [6.45, 7) is 4.14. The second-order valence-electron chi connectivity index (χ2n) is 7.48. The highest BCUT2D eigenvalue weighted by Crippen LogP contribution is 2.30. The zero-order valence-electron chi connectivity index (χ0n) is 16.8. The lowest BCUT2D eigenvalue weighted by Crippen LogP contribution is -2.17. The third-order valence-corrected chi connectivity index (χ3v) is 4.79. The largest absolute Gasteiger partial charge is 0.507 e. The van der Waals surface area contributed by atoms with E-state index >= 15 is 0 Å². The molecular formula is C24H23N3O3. The maximum atomic E-state index is 12.3. The lowest BCUT2D eigenvalue weighted by Gasteiger charge is -2.16. The van der Waals surface area contributed by atoms with Gasteiger partial charge in [0.2, 0.25) is 0 Å². The molecule has 152 valence electrons. The van der Waals surface area contributed by atoms with Crippen LogP contribution in [-0.4, -0.2) is 22.3 Å². The molecule has 6 nitrogen and oxygen atoms in total. The van der Waals surface area contributed by atoms with E-state index < -0.39 is 12.0 Å². The Balaban J connectivity index is 1.83. The van der Waals surface area contributed by atoms with Gasteiger partial charge < -0.3 is 10.2 Å². The molecule has 0 saturated heterocycles. The highest BCUT2D eigenvalue weighted by molar-refractivity contribution is 6.02. The number of nitrogens with one attached hydrogen (secondary N) is 1. The highest BCUT2D eigenvalue weighted by atomic mass is 16.3. The SMILES string of the molecule is CC(C)CC(O)c1ccc(/C=N/NC(=O)c2ccc(O)c(C#N)c2)c2ccccc12. The van der Waals surface area contributed by atoms with Crippen LogP contribution in [0.25, 0.3) is 10.8 Å². The number of hydrogen-bond donors (Lipinski definition) is 3. The van der Waals surface area contributed by atoms with E-state index in [2.05, 4.69) is 24.4 Å². The molecule has 0 heterocycles. The summed E-state index contributed by atoms with van der Waals surface area (Å²) in [6.07, 6.45) is 1.67. The Morgan fingerprint density at radius 1 is 1.17 bits per heavy atom. The number of aromatic hydroxyl groups is 1. The number of rotatable bonds is 6. The molecule has 0 radical (unpaired) electrons. The molecule has 0 aliphatic carbocycles. The number of carbonyl (C=O) groups excluding carboxylic acids is 1. The van der Waals surface area contributed by atoms with Crippen LogP contribution in [0.1, 0.15) is 53.4 Å². The van der Waals surface area contributed by atoms with Gasteiger partial charge in [0.25, 0.3) is 5.91 Å². The van der Waals surface area contributed by atoms with Gasteiger partial charge >= 0.3 is 0 Å². The van der Waals surface area contributed by atoms with Crippen molar-refractivity contribution in [3.63, 3.8) is 0 Å². The number of aliphatic hydroxyl groups excluding tert-OH is 1. The number of aliphatic hydroxyl groups is 1. The Morgan fingerprint density at radius 2 is 1.90 bits per heavy atom. The Kier molecular flexibility index (Phi) is 6.45. The molecule has 0 aromatic heterocycles. The molecule has 3 N–H and O–H groups in total. The minimum Gasteiger partial charge on any atom is -0.507 e. The van der Waals surface area contributed by atoms with Crippen LogP contribution in [0.2, 0.25) is 0 Å². The standard InChI is InChI=1S/C24H23N3O3/c1-15(2)11-23(29)21-9-7-17(19-5-3-4-6-20(19)21)14-26-27-24(30)16-8-10-22(28)18(12-16)13-25/h3-10,12,14-15,23,28-29H,11H2,1-2H3,(H,27,30)/b26-14+. The van der Waals surface area contributed by atoms with Crippen LogP contribution < -0.4 is 5.43 Å². The quantitative estimate of drug-likeness (QED) is 0.424. The van der Waals surface area contributed by atoms with Crippen molar-refractivity contribution >= 4 is 22.9 Å². The van der Waals surface area contributed by atoms with Crippen molar-refractivity contribution in [2.45, 2.75) is 26.4 Å². The van der Waals surface area contributed by atoms with E-state index in [9.17, 15) is 15.0 Å². The maximum absolute atomic E-state index is 12.3. The summed E-state index contributed by atoms with van der Waals surface area (Å²) in [7, 11) is 0. The molecule has 3 aromatic rings. The number of amides is 1. The zero-order chi connectivity index (χ0) is 21.7. The second kappa shape index (κ2) is 9.21. The van der Waals surface area contributed by atoms with E-state index in [1.165, 1.54) is 18.2 Å². The summed E-state index contributed by atoms with van der Waals surface area (Å²) >= 11 is 0. The van der Waals surface area contributed by atoms with Gasteiger partial charge in [-0.25, -0.2) is 5.43 Å². The van der Waals surface area contributed by atoms with E-state index in [-0.39, 0.29) is 16.9 Å². The van der Waals surface area contributed by atoms with Crippen molar-refractivity contribution in [3.05, 3.63) is 76.9 Å². The molecule has 0 aliphatic rings. The molecule has 0 spiro atoms. The first-order chi connectivity index (χ1) is 14.4. The number of hydrogen-bond acceptors (Lipinski definition) is 5. The van der Waals surface area contributed by atoms with Crippen LogP contribution in [0, 0.1) is 17.2 Å². The normalized spacial score (nSPS) is 12.2. The van der Waals surface area contributed by atoms with Gasteiger partial charge in [-0.2, -0.15) is 10.4 Å². The number of phenolic OH excluding ortho intramolecular Hbond substituents is 1. The summed E-state index contributed by atoms with van der Waals surface area (Å²) in [5, 5.41) is 35.0. The smallest absolute Gasteiger partial charge is 0.271 e. The number of hydrazone groups is 1. The maximum Gasteiger partial charge on any atom is 0.271 e. The topological polar surface area (TPSA) is 106 Å². The molecule has 1 atom stereocenters. The Bertz CT molecular complexity index is 1150. The van der Waals surface area contributed by atoms with Crippen molar-refractivity contribution in [1.29, 1.82) is 5.26 Å². The van der Waals surface area contributed by atoms with Gasteiger partial charge in [0.05, 0.1) is 17.9 Å². The predicted molar refractivity (Wildman–Crippen MR) is 116 cm³/mol. The molecule has 3 rings (SSSR count). The minimum absolute atomic E-state index is 0.0215. The molecule has 3 aromatic carbocycles. The molecule has 0 aliphatic heterocycles. The monoisotopic (exact) mass is 401 g/mol. The molecule has 0 fully saturated rings. The van der Waals surface area contributed by atoms with Crippen LogP contribution in [0.4, 0.5) is 0 Å². The number of fused-ring (bicyclic) bond motifs is 1. The first-order valence-electron chi connectivity index (χ1n) is 9.67. The molecule has 6 heteroatoms. The van der Waals surface area contributed by atoms with Gasteiger partial charge in [-0.15, -0.1) is 0 Å². The fourth-order valence-electron chi connectivity index (χ4n) is 3.31. The van der Waals surface area contributed by atoms with E-state index in [1.807, 2.05) is 42.5 Å². The van der Waals surface area contributed by atoms with Crippen molar-refractivity contribution in [2.75, 3.05) is 0 Å². The van der Waals surface area contributed by atoms with E-state index in [0.717, 1.165) is 21.9 Å². The van der Waals surface area contributed by atoms with Crippen LogP contribution in [0.5, 0.6) is 5.75 Å². The average molecular weight is 401 g/mol. The molecule has 30 heavy (non-hydrogen) atoms. The van der Waals surface area contributed by atoms with Crippen molar-refractivity contribution < 1.29 is 15.0 Å². The summed E-state index contributed by atoms with van der Waals surface area (Å²) in [4.78, 5) is 12.3. The van der Waals surface area contributed by atoms with Gasteiger partial charge in [0, 0.05) is 11.1 Å². The summed E-state index contributed by atoms with van der Waals surface area (Å²) in [6, 6.07) is 17.4. The third kappa shape index (κ3) is 4.65. The van der Waals surface area contributed by atoms with Gasteiger partial charge in [0.1, 0.15) is 11.8 Å². The fourth-order valence-corrected chi connectivity index (χ4v) is 3.31. The van der Waals surface area contributed by atoms with Crippen molar-refractivity contribution in [2.24, 2.45) is 11.0 Å². The lowest BCUT2D eigenvalue weighted by atomic mass is 9.93. The number of nitrogens with zero attached hydrogens (tertiary/aromatic N) is 2. The summed E-state index contributed by atoms with van der Waals surface area (Å²) in [5.41, 5.74) is 4.35.